The molecule has 142 valence electrons. The average Bonchev–Trinajstić information content (AvgIpc) is 2.63. The number of rotatable bonds is 7. The fourth-order valence-electron chi connectivity index (χ4n) is 2.18. The molecule has 0 aliphatic rings. The van der Waals surface area contributed by atoms with E-state index in [1.165, 1.54) is 18.2 Å². The van der Waals surface area contributed by atoms with Gasteiger partial charge in [-0.3, -0.25) is 10.1 Å². The summed E-state index contributed by atoms with van der Waals surface area (Å²) in [6.45, 7) is 2.64. The molecular formula is C19H20N2O5S. The van der Waals surface area contributed by atoms with E-state index in [2.05, 4.69) is 17.6 Å². The summed E-state index contributed by atoms with van der Waals surface area (Å²) in [5.41, 5.74) is 0.434. The molecular weight excluding hydrogens is 368 g/mol. The Kier molecular flexibility index (Phi) is 7.13. The van der Waals surface area contributed by atoms with Crippen molar-refractivity contribution in [2.75, 3.05) is 11.9 Å². The second-order valence-corrected chi connectivity index (χ2v) is 6.08. The van der Waals surface area contributed by atoms with E-state index in [4.69, 9.17) is 22.1 Å². The van der Waals surface area contributed by atoms with Crippen LogP contribution in [0.3, 0.4) is 0 Å². The fraction of sp³-hybridized carbons (Fsp3) is 0.211. The lowest BCUT2D eigenvalue weighted by Crippen LogP contribution is -2.34. The minimum Gasteiger partial charge on any atom is -0.507 e. The highest BCUT2D eigenvalue weighted by Crippen LogP contribution is 2.21. The molecule has 7 nitrogen and oxygen atoms in total. The number of ether oxygens (including phenoxy) is 1. The minimum absolute atomic E-state index is 0.000618. The van der Waals surface area contributed by atoms with Crippen molar-refractivity contribution in [1.29, 1.82) is 0 Å². The van der Waals surface area contributed by atoms with Crippen LogP contribution in [0.4, 0.5) is 5.69 Å². The first-order valence-electron chi connectivity index (χ1n) is 8.32. The molecule has 0 unspecified atom stereocenters. The Labute approximate surface area is 162 Å². The maximum Gasteiger partial charge on any atom is 0.339 e. The number of carbonyl (C=O) groups excluding carboxylic acids is 1. The van der Waals surface area contributed by atoms with Gasteiger partial charge in [-0.1, -0.05) is 19.4 Å². The molecule has 0 saturated carbocycles. The molecule has 27 heavy (non-hydrogen) atoms. The molecule has 0 atom stereocenters. The summed E-state index contributed by atoms with van der Waals surface area (Å²) in [7, 11) is 0. The van der Waals surface area contributed by atoms with E-state index in [9.17, 15) is 14.7 Å². The molecule has 4 N–H and O–H groups in total. The summed E-state index contributed by atoms with van der Waals surface area (Å²) in [5.74, 6) is -1.46. The Morgan fingerprint density at radius 3 is 2.67 bits per heavy atom. The number of carbonyl (C=O) groups is 2. The topological polar surface area (TPSA) is 108 Å². The number of benzene rings is 2. The Morgan fingerprint density at radius 2 is 1.96 bits per heavy atom. The molecule has 0 aliphatic carbocycles. The first kappa shape index (κ1) is 20.2. The average molecular weight is 388 g/mol. The van der Waals surface area contributed by atoms with E-state index in [0.717, 1.165) is 12.8 Å². The largest absolute Gasteiger partial charge is 0.507 e. The molecule has 1 amide bonds. The van der Waals surface area contributed by atoms with Crippen LogP contribution in [0.5, 0.6) is 11.5 Å². The number of phenols is 1. The van der Waals surface area contributed by atoms with E-state index in [1.807, 2.05) is 0 Å². The quantitative estimate of drug-likeness (QED) is 0.327. The van der Waals surface area contributed by atoms with Crippen molar-refractivity contribution in [1.82, 2.24) is 5.32 Å². The van der Waals surface area contributed by atoms with E-state index in [1.54, 1.807) is 24.3 Å². The lowest BCUT2D eigenvalue weighted by atomic mass is 10.2. The molecule has 2 rings (SSSR count). The second kappa shape index (κ2) is 9.54. The van der Waals surface area contributed by atoms with Gasteiger partial charge in [0.05, 0.1) is 6.61 Å². The number of thiocarbonyl (C=S) groups is 1. The van der Waals surface area contributed by atoms with Gasteiger partial charge in [0.15, 0.2) is 5.11 Å². The molecule has 0 saturated heterocycles. The van der Waals surface area contributed by atoms with Gasteiger partial charge in [0.1, 0.15) is 17.1 Å². The van der Waals surface area contributed by atoms with Crippen LogP contribution >= 0.6 is 12.2 Å². The zero-order chi connectivity index (χ0) is 19.8. The SMILES string of the molecule is CCCCOc1cccc(C(=O)NC(=S)Nc2ccc(O)c(C(=O)O)c2)c1. The van der Waals surface area contributed by atoms with Gasteiger partial charge < -0.3 is 20.3 Å². The second-order valence-electron chi connectivity index (χ2n) is 5.68. The number of anilines is 1. The van der Waals surface area contributed by atoms with Gasteiger partial charge in [-0.05, 0) is 55.0 Å². The summed E-state index contributed by atoms with van der Waals surface area (Å²) in [4.78, 5) is 23.4. The van der Waals surface area contributed by atoms with Crippen molar-refractivity contribution in [3.63, 3.8) is 0 Å². The van der Waals surface area contributed by atoms with Crippen molar-refractivity contribution in [3.05, 3.63) is 53.6 Å². The zero-order valence-corrected chi connectivity index (χ0v) is 15.5. The number of carboxylic acid groups (broad SMARTS) is 1. The summed E-state index contributed by atoms with van der Waals surface area (Å²) >= 11 is 5.09. The smallest absolute Gasteiger partial charge is 0.339 e. The lowest BCUT2D eigenvalue weighted by molar-refractivity contribution is 0.0693. The molecule has 0 fully saturated rings. The van der Waals surface area contributed by atoms with Crippen LogP contribution in [-0.4, -0.2) is 33.8 Å². The van der Waals surface area contributed by atoms with E-state index >= 15 is 0 Å². The van der Waals surface area contributed by atoms with Crippen LogP contribution in [0, 0.1) is 0 Å². The Bertz CT molecular complexity index is 854. The van der Waals surface area contributed by atoms with Gasteiger partial charge in [0, 0.05) is 11.3 Å². The van der Waals surface area contributed by atoms with Crippen molar-refractivity contribution < 1.29 is 24.5 Å². The number of carboxylic acids is 1. The molecule has 2 aromatic rings. The molecule has 0 radical (unpaired) electrons. The summed E-state index contributed by atoms with van der Waals surface area (Å²) in [6, 6.07) is 10.6. The van der Waals surface area contributed by atoms with E-state index < -0.39 is 11.9 Å². The van der Waals surface area contributed by atoms with Crippen molar-refractivity contribution >= 4 is 34.9 Å². The first-order chi connectivity index (χ1) is 12.9. The summed E-state index contributed by atoms with van der Waals surface area (Å²) in [5, 5.41) is 23.8. The maximum absolute atomic E-state index is 12.3. The third kappa shape index (κ3) is 5.96. The molecule has 0 aromatic heterocycles. The van der Waals surface area contributed by atoms with Gasteiger partial charge in [0.25, 0.3) is 5.91 Å². The van der Waals surface area contributed by atoms with Gasteiger partial charge in [-0.25, -0.2) is 4.79 Å². The number of hydrogen-bond donors (Lipinski definition) is 4. The van der Waals surface area contributed by atoms with Gasteiger partial charge >= 0.3 is 5.97 Å². The Balaban J connectivity index is 1.99. The maximum atomic E-state index is 12.3. The van der Waals surface area contributed by atoms with Crippen molar-refractivity contribution in [2.24, 2.45) is 0 Å². The first-order valence-corrected chi connectivity index (χ1v) is 8.73. The predicted octanol–water partition coefficient (Wildman–Crippen LogP) is 3.40. The van der Waals surface area contributed by atoms with Crippen LogP contribution in [0.25, 0.3) is 0 Å². The van der Waals surface area contributed by atoms with Crippen LogP contribution in [0.2, 0.25) is 0 Å². The van der Waals surface area contributed by atoms with Gasteiger partial charge in [-0.2, -0.15) is 0 Å². The van der Waals surface area contributed by atoms with E-state index in [-0.39, 0.29) is 16.4 Å². The highest BCUT2D eigenvalue weighted by atomic mass is 32.1. The van der Waals surface area contributed by atoms with Crippen LogP contribution < -0.4 is 15.4 Å². The standard InChI is InChI=1S/C19H20N2O5S/c1-2-3-9-26-14-6-4-5-12(10-14)17(23)21-19(27)20-13-7-8-16(22)15(11-13)18(24)25/h4-8,10-11,22H,2-3,9H2,1H3,(H,24,25)(H2,20,21,23,27). The number of nitrogens with one attached hydrogen (secondary N) is 2. The van der Waals surface area contributed by atoms with Crippen LogP contribution in [-0.2, 0) is 0 Å². The molecule has 2 aromatic carbocycles. The number of aromatic hydroxyl groups is 1. The molecule has 0 bridgehead atoms. The fourth-order valence-corrected chi connectivity index (χ4v) is 2.39. The van der Waals surface area contributed by atoms with Gasteiger partial charge in [0.2, 0.25) is 0 Å². The van der Waals surface area contributed by atoms with Crippen molar-refractivity contribution in [3.8, 4) is 11.5 Å². The predicted molar refractivity (Wildman–Crippen MR) is 106 cm³/mol. The third-order valence-corrected chi connectivity index (χ3v) is 3.78. The highest BCUT2D eigenvalue weighted by Gasteiger charge is 2.12. The van der Waals surface area contributed by atoms with Gasteiger partial charge in [-0.15, -0.1) is 0 Å². The van der Waals surface area contributed by atoms with Crippen molar-refractivity contribution in [2.45, 2.75) is 19.8 Å². The Morgan fingerprint density at radius 1 is 1.19 bits per heavy atom. The van der Waals surface area contributed by atoms with E-state index in [0.29, 0.717) is 23.6 Å². The molecule has 0 aliphatic heterocycles. The number of unbranched alkanes of at least 4 members (excludes halogenated alkanes) is 1. The van der Waals surface area contributed by atoms with Crippen LogP contribution in [0.15, 0.2) is 42.5 Å². The minimum atomic E-state index is -1.27. The molecule has 0 spiro atoms. The number of aromatic carboxylic acids is 1. The summed E-state index contributed by atoms with van der Waals surface area (Å²) in [6.07, 6.45) is 1.94. The molecule has 0 heterocycles. The monoisotopic (exact) mass is 388 g/mol. The third-order valence-electron chi connectivity index (χ3n) is 3.57. The summed E-state index contributed by atoms with van der Waals surface area (Å²) < 4.78 is 5.58. The highest BCUT2D eigenvalue weighted by molar-refractivity contribution is 7.80. The number of amides is 1. The normalized spacial score (nSPS) is 10.1. The lowest BCUT2D eigenvalue weighted by Gasteiger charge is -2.11. The Hall–Kier alpha value is -3.13. The molecule has 8 heteroatoms. The number of hydrogen-bond acceptors (Lipinski definition) is 5. The zero-order valence-electron chi connectivity index (χ0n) is 14.7. The van der Waals surface area contributed by atoms with Crippen LogP contribution in [0.1, 0.15) is 40.5 Å².